The molecule has 1 aromatic rings. The van der Waals surface area contributed by atoms with E-state index in [9.17, 15) is 0 Å². The van der Waals surface area contributed by atoms with E-state index in [1.54, 1.807) is 0 Å². The minimum Gasteiger partial charge on any atom is -0.381 e. The summed E-state index contributed by atoms with van der Waals surface area (Å²) in [6, 6.07) is 10.8. The van der Waals surface area contributed by atoms with Gasteiger partial charge in [0.25, 0.3) is 0 Å². The van der Waals surface area contributed by atoms with Crippen molar-refractivity contribution >= 4 is 35.6 Å². The maximum atomic E-state index is 5.46. The van der Waals surface area contributed by atoms with E-state index in [2.05, 4.69) is 73.4 Å². The lowest BCUT2D eigenvalue weighted by atomic mass is 9.96. The Morgan fingerprint density at radius 3 is 2.52 bits per heavy atom. The molecule has 0 spiro atoms. The summed E-state index contributed by atoms with van der Waals surface area (Å²) in [6.45, 7) is 8.90. The largest absolute Gasteiger partial charge is 0.381 e. The zero-order valence-corrected chi connectivity index (χ0v) is 19.7. The van der Waals surface area contributed by atoms with Gasteiger partial charge in [0, 0.05) is 52.1 Å². The van der Waals surface area contributed by atoms with Gasteiger partial charge >= 0.3 is 0 Å². The maximum absolute atomic E-state index is 5.46. The number of nitrogens with zero attached hydrogens (tertiary/aromatic N) is 3. The Bertz CT molecular complexity index is 534. The highest BCUT2D eigenvalue weighted by molar-refractivity contribution is 14.0. The molecule has 0 saturated carbocycles. The lowest BCUT2D eigenvalue weighted by Gasteiger charge is -2.28. The first-order valence-corrected chi connectivity index (χ1v) is 9.96. The Kier molecular flexibility index (Phi) is 11.7. The molecule has 1 heterocycles. The SMILES string of the molecule is CCNC(=NCC(C)N(C)c1ccccc1)N(C)CCC1CCOCC1.I. The van der Waals surface area contributed by atoms with Crippen molar-refractivity contribution in [1.82, 2.24) is 10.2 Å². The number of rotatable bonds is 8. The third-order valence-electron chi connectivity index (χ3n) is 5.24. The highest BCUT2D eigenvalue weighted by atomic mass is 127. The van der Waals surface area contributed by atoms with E-state index in [4.69, 9.17) is 9.73 Å². The number of guanidine groups is 1. The van der Waals surface area contributed by atoms with E-state index in [0.717, 1.165) is 44.7 Å². The second-order valence-electron chi connectivity index (χ2n) is 7.26. The zero-order chi connectivity index (χ0) is 18.8. The number of nitrogens with one attached hydrogen (secondary N) is 1. The summed E-state index contributed by atoms with van der Waals surface area (Å²) in [4.78, 5) is 9.45. The zero-order valence-electron chi connectivity index (χ0n) is 17.4. The molecule has 1 N–H and O–H groups in total. The van der Waals surface area contributed by atoms with Gasteiger partial charge in [-0.2, -0.15) is 0 Å². The van der Waals surface area contributed by atoms with Gasteiger partial charge in [-0.05, 0) is 51.2 Å². The average Bonchev–Trinajstić information content (AvgIpc) is 2.70. The molecule has 5 nitrogen and oxygen atoms in total. The van der Waals surface area contributed by atoms with Crippen molar-refractivity contribution in [3.63, 3.8) is 0 Å². The van der Waals surface area contributed by atoms with Crippen LogP contribution in [0.5, 0.6) is 0 Å². The first kappa shape index (κ1) is 24.0. The number of para-hydroxylation sites is 1. The minimum atomic E-state index is 0. The molecule has 2 rings (SSSR count). The van der Waals surface area contributed by atoms with Gasteiger partial charge < -0.3 is 19.9 Å². The molecule has 0 aromatic heterocycles. The Balaban J connectivity index is 0.00000364. The van der Waals surface area contributed by atoms with E-state index in [-0.39, 0.29) is 24.0 Å². The normalized spacial score (nSPS) is 16.4. The molecule has 0 aliphatic carbocycles. The molecule has 1 aliphatic rings. The van der Waals surface area contributed by atoms with Crippen LogP contribution >= 0.6 is 24.0 Å². The number of aliphatic imine (C=N–C) groups is 1. The van der Waals surface area contributed by atoms with Crippen LogP contribution in [-0.2, 0) is 4.74 Å². The molecule has 0 bridgehead atoms. The fraction of sp³-hybridized carbons (Fsp3) is 0.667. The van der Waals surface area contributed by atoms with Crippen LogP contribution in [0.3, 0.4) is 0 Å². The summed E-state index contributed by atoms with van der Waals surface area (Å²) in [7, 11) is 4.28. The summed E-state index contributed by atoms with van der Waals surface area (Å²) >= 11 is 0. The predicted molar refractivity (Wildman–Crippen MR) is 126 cm³/mol. The molecule has 6 heteroatoms. The molecule has 27 heavy (non-hydrogen) atoms. The number of ether oxygens (including phenoxy) is 1. The molecule has 0 amide bonds. The second-order valence-corrected chi connectivity index (χ2v) is 7.26. The van der Waals surface area contributed by atoms with E-state index in [0.29, 0.717) is 6.04 Å². The molecule has 154 valence electrons. The highest BCUT2D eigenvalue weighted by Gasteiger charge is 2.16. The number of hydrogen-bond donors (Lipinski definition) is 1. The summed E-state index contributed by atoms with van der Waals surface area (Å²) < 4.78 is 5.46. The monoisotopic (exact) mass is 488 g/mol. The van der Waals surface area contributed by atoms with Crippen molar-refractivity contribution in [3.05, 3.63) is 30.3 Å². The molecule has 1 unspecified atom stereocenters. The van der Waals surface area contributed by atoms with Crippen LogP contribution < -0.4 is 10.2 Å². The number of benzene rings is 1. The third kappa shape index (κ3) is 8.25. The molecule has 1 saturated heterocycles. The highest BCUT2D eigenvalue weighted by Crippen LogP contribution is 2.18. The quantitative estimate of drug-likeness (QED) is 0.343. The van der Waals surface area contributed by atoms with Gasteiger partial charge in [-0.25, -0.2) is 0 Å². The van der Waals surface area contributed by atoms with Gasteiger partial charge in [0.1, 0.15) is 0 Å². The second kappa shape index (κ2) is 13.2. The Labute approximate surface area is 182 Å². The van der Waals surface area contributed by atoms with Crippen molar-refractivity contribution in [2.75, 3.05) is 51.8 Å². The summed E-state index contributed by atoms with van der Waals surface area (Å²) in [5.74, 6) is 1.80. The maximum Gasteiger partial charge on any atom is 0.193 e. The molecule has 1 fully saturated rings. The van der Waals surface area contributed by atoms with E-state index >= 15 is 0 Å². The number of halogens is 1. The molecular weight excluding hydrogens is 451 g/mol. The lowest BCUT2D eigenvalue weighted by Crippen LogP contribution is -2.41. The van der Waals surface area contributed by atoms with Gasteiger partial charge in [0.15, 0.2) is 5.96 Å². The summed E-state index contributed by atoms with van der Waals surface area (Å²) in [5.41, 5.74) is 1.23. The number of likely N-dealkylation sites (N-methyl/N-ethyl adjacent to an activating group) is 1. The first-order chi connectivity index (χ1) is 12.6. The van der Waals surface area contributed by atoms with E-state index < -0.39 is 0 Å². The van der Waals surface area contributed by atoms with Crippen molar-refractivity contribution in [2.45, 2.75) is 39.2 Å². The standard InChI is InChI=1S/C21H36N4O.HI/c1-5-22-21(24(3)14-11-19-12-15-26-16-13-19)23-17-18(2)25(4)20-9-7-6-8-10-20;/h6-10,18-19H,5,11-17H2,1-4H3,(H,22,23);1H. The summed E-state index contributed by atoms with van der Waals surface area (Å²) in [5, 5.41) is 3.44. The summed E-state index contributed by atoms with van der Waals surface area (Å²) in [6.07, 6.45) is 3.60. The van der Waals surface area contributed by atoms with Crippen LogP contribution in [0, 0.1) is 5.92 Å². The van der Waals surface area contributed by atoms with Crippen LogP contribution in [0.25, 0.3) is 0 Å². The molecule has 1 aromatic carbocycles. The third-order valence-corrected chi connectivity index (χ3v) is 5.24. The fourth-order valence-electron chi connectivity index (χ4n) is 3.25. The van der Waals surface area contributed by atoms with Crippen molar-refractivity contribution in [3.8, 4) is 0 Å². The Morgan fingerprint density at radius 1 is 1.22 bits per heavy atom. The van der Waals surface area contributed by atoms with Gasteiger partial charge in [-0.15, -0.1) is 24.0 Å². The molecule has 0 radical (unpaired) electrons. The van der Waals surface area contributed by atoms with Gasteiger partial charge in [-0.1, -0.05) is 18.2 Å². The predicted octanol–water partition coefficient (Wildman–Crippen LogP) is 3.84. The average molecular weight is 488 g/mol. The van der Waals surface area contributed by atoms with Crippen molar-refractivity contribution in [2.24, 2.45) is 10.9 Å². The van der Waals surface area contributed by atoms with Gasteiger partial charge in [0.2, 0.25) is 0 Å². The van der Waals surface area contributed by atoms with Crippen LogP contribution in [-0.4, -0.2) is 63.8 Å². The molecule has 1 atom stereocenters. The number of anilines is 1. The van der Waals surface area contributed by atoms with E-state index in [1.165, 1.54) is 24.9 Å². The smallest absolute Gasteiger partial charge is 0.193 e. The van der Waals surface area contributed by atoms with Gasteiger partial charge in [-0.3, -0.25) is 4.99 Å². The van der Waals surface area contributed by atoms with Crippen LogP contribution in [0.4, 0.5) is 5.69 Å². The van der Waals surface area contributed by atoms with Crippen molar-refractivity contribution in [1.29, 1.82) is 0 Å². The first-order valence-electron chi connectivity index (χ1n) is 9.96. The van der Waals surface area contributed by atoms with Gasteiger partial charge in [0.05, 0.1) is 6.54 Å². The Morgan fingerprint density at radius 2 is 1.89 bits per heavy atom. The van der Waals surface area contributed by atoms with Crippen molar-refractivity contribution < 1.29 is 4.74 Å². The number of hydrogen-bond acceptors (Lipinski definition) is 3. The Hall–Kier alpha value is -1.02. The molecule has 1 aliphatic heterocycles. The van der Waals surface area contributed by atoms with Crippen LogP contribution in [0.15, 0.2) is 35.3 Å². The molecular formula is C21H37IN4O. The van der Waals surface area contributed by atoms with Crippen LogP contribution in [0.2, 0.25) is 0 Å². The lowest BCUT2D eigenvalue weighted by molar-refractivity contribution is 0.0625. The minimum absolute atomic E-state index is 0. The van der Waals surface area contributed by atoms with Crippen LogP contribution in [0.1, 0.15) is 33.1 Å². The topological polar surface area (TPSA) is 40.1 Å². The fourth-order valence-corrected chi connectivity index (χ4v) is 3.25. The van der Waals surface area contributed by atoms with E-state index in [1.807, 2.05) is 0 Å².